The van der Waals surface area contributed by atoms with E-state index >= 15 is 0 Å². The summed E-state index contributed by atoms with van der Waals surface area (Å²) in [6, 6.07) is 0.743. The number of nitrogens with one attached hydrogen (secondary N) is 1. The van der Waals surface area contributed by atoms with Crippen LogP contribution in [-0.4, -0.2) is 11.0 Å². The molecule has 0 bridgehead atoms. The average molecular weight is 194 g/mol. The van der Waals surface area contributed by atoms with Gasteiger partial charge >= 0.3 is 0 Å². The van der Waals surface area contributed by atoms with Crippen molar-refractivity contribution in [3.05, 3.63) is 10.6 Å². The van der Waals surface area contributed by atoms with Gasteiger partial charge in [-0.2, -0.15) is 0 Å². The van der Waals surface area contributed by atoms with E-state index in [4.69, 9.17) is 0 Å². The number of aromatic nitrogens is 1. The second kappa shape index (κ2) is 2.98. The molecule has 1 N–H and O–H groups in total. The van der Waals surface area contributed by atoms with Gasteiger partial charge in [-0.25, -0.2) is 4.98 Å². The summed E-state index contributed by atoms with van der Waals surface area (Å²) in [4.78, 5) is 6.17. The lowest BCUT2D eigenvalue weighted by atomic mass is 10.0. The monoisotopic (exact) mass is 194 g/mol. The third-order valence-corrected chi connectivity index (χ3v) is 3.84. The number of rotatable bonds is 2. The smallest absolute Gasteiger partial charge is 0.183 e. The molecule has 70 valence electrons. The number of thiazole rings is 1. The largest absolute Gasteiger partial charge is 0.359 e. The highest BCUT2D eigenvalue weighted by Gasteiger charge is 2.23. The molecule has 0 unspecified atom stereocenters. The van der Waals surface area contributed by atoms with Crippen LogP contribution in [0.1, 0.15) is 36.3 Å². The number of nitrogens with zero attached hydrogens (tertiary/aromatic N) is 1. The number of fused-ring (bicyclic) bond motifs is 1. The van der Waals surface area contributed by atoms with Crippen LogP contribution >= 0.6 is 11.3 Å². The van der Waals surface area contributed by atoms with Crippen LogP contribution < -0.4 is 5.32 Å². The van der Waals surface area contributed by atoms with E-state index in [1.165, 1.54) is 54.2 Å². The van der Waals surface area contributed by atoms with Crippen LogP contribution in [-0.2, 0) is 12.8 Å². The van der Waals surface area contributed by atoms with E-state index in [1.807, 2.05) is 11.3 Å². The van der Waals surface area contributed by atoms with Gasteiger partial charge in [-0.15, -0.1) is 11.3 Å². The topological polar surface area (TPSA) is 24.9 Å². The van der Waals surface area contributed by atoms with Crippen LogP contribution in [0.4, 0.5) is 5.13 Å². The van der Waals surface area contributed by atoms with Gasteiger partial charge in [0.1, 0.15) is 0 Å². The average Bonchev–Trinajstić information content (AvgIpc) is 2.85. The minimum Gasteiger partial charge on any atom is -0.359 e. The molecule has 2 nitrogen and oxygen atoms in total. The molecule has 0 atom stereocenters. The van der Waals surface area contributed by atoms with Gasteiger partial charge in [0.25, 0.3) is 0 Å². The van der Waals surface area contributed by atoms with Crippen LogP contribution in [0, 0.1) is 0 Å². The second-order valence-electron chi connectivity index (χ2n) is 4.01. The van der Waals surface area contributed by atoms with Gasteiger partial charge in [0.15, 0.2) is 5.13 Å². The number of hydrogen-bond donors (Lipinski definition) is 1. The Bertz CT molecular complexity index is 291. The fraction of sp³-hybridized carbons (Fsp3) is 0.700. The minimum atomic E-state index is 0.743. The van der Waals surface area contributed by atoms with E-state index < -0.39 is 0 Å². The fourth-order valence-corrected chi connectivity index (χ4v) is 2.94. The molecular formula is C10H14N2S. The van der Waals surface area contributed by atoms with E-state index in [9.17, 15) is 0 Å². The lowest BCUT2D eigenvalue weighted by Gasteiger charge is -2.06. The van der Waals surface area contributed by atoms with Crippen molar-refractivity contribution < 1.29 is 0 Å². The van der Waals surface area contributed by atoms with E-state index in [-0.39, 0.29) is 0 Å². The maximum atomic E-state index is 4.64. The fourth-order valence-electron chi connectivity index (χ4n) is 1.82. The lowest BCUT2D eigenvalue weighted by Crippen LogP contribution is -2.01. The summed E-state index contributed by atoms with van der Waals surface area (Å²) in [5, 5.41) is 4.66. The summed E-state index contributed by atoms with van der Waals surface area (Å²) in [7, 11) is 0. The molecule has 0 aromatic carbocycles. The van der Waals surface area contributed by atoms with Gasteiger partial charge in [0, 0.05) is 10.9 Å². The predicted octanol–water partition coefficient (Wildman–Crippen LogP) is 2.60. The molecular weight excluding hydrogens is 180 g/mol. The van der Waals surface area contributed by atoms with Gasteiger partial charge in [0.05, 0.1) is 5.69 Å². The highest BCUT2D eigenvalue weighted by Crippen LogP contribution is 2.32. The Morgan fingerprint density at radius 1 is 1.23 bits per heavy atom. The second-order valence-corrected chi connectivity index (χ2v) is 5.10. The molecule has 0 saturated heterocycles. The van der Waals surface area contributed by atoms with Crippen LogP contribution in [0.15, 0.2) is 0 Å². The minimum absolute atomic E-state index is 0.743. The van der Waals surface area contributed by atoms with Crippen LogP contribution in [0.2, 0.25) is 0 Å². The molecule has 1 aromatic heterocycles. The van der Waals surface area contributed by atoms with Crippen LogP contribution in [0.3, 0.4) is 0 Å². The zero-order chi connectivity index (χ0) is 8.67. The molecule has 2 aliphatic carbocycles. The van der Waals surface area contributed by atoms with Crippen LogP contribution in [0.5, 0.6) is 0 Å². The molecule has 2 aliphatic rings. The molecule has 1 aromatic rings. The Hall–Kier alpha value is -0.570. The van der Waals surface area contributed by atoms with E-state index in [2.05, 4.69) is 10.3 Å². The van der Waals surface area contributed by atoms with Gasteiger partial charge in [0.2, 0.25) is 0 Å². The molecule has 13 heavy (non-hydrogen) atoms. The van der Waals surface area contributed by atoms with Gasteiger partial charge in [-0.3, -0.25) is 0 Å². The van der Waals surface area contributed by atoms with Crippen molar-refractivity contribution in [2.45, 2.75) is 44.6 Å². The first kappa shape index (κ1) is 7.80. The molecule has 0 radical (unpaired) electrons. The van der Waals surface area contributed by atoms with Crippen molar-refractivity contribution in [1.29, 1.82) is 0 Å². The third-order valence-electron chi connectivity index (χ3n) is 2.75. The number of anilines is 1. The van der Waals surface area contributed by atoms with Crippen molar-refractivity contribution in [3.8, 4) is 0 Å². The van der Waals surface area contributed by atoms with Gasteiger partial charge < -0.3 is 5.32 Å². The Morgan fingerprint density at radius 2 is 2.08 bits per heavy atom. The molecule has 3 heteroatoms. The molecule has 0 aliphatic heterocycles. The SMILES string of the molecule is C1CCc2sc(NC3CC3)nc2C1. The number of hydrogen-bond acceptors (Lipinski definition) is 3. The molecule has 3 rings (SSSR count). The molecule has 0 spiro atoms. The Kier molecular flexibility index (Phi) is 1.79. The van der Waals surface area contributed by atoms with Crippen molar-refractivity contribution in [1.82, 2.24) is 4.98 Å². The van der Waals surface area contributed by atoms with E-state index in [1.54, 1.807) is 0 Å². The van der Waals surface area contributed by atoms with E-state index in [0.29, 0.717) is 0 Å². The first-order valence-electron chi connectivity index (χ1n) is 5.17. The Labute approximate surface area is 82.4 Å². The Morgan fingerprint density at radius 3 is 2.85 bits per heavy atom. The summed E-state index contributed by atoms with van der Waals surface area (Å²) < 4.78 is 0. The summed E-state index contributed by atoms with van der Waals surface area (Å²) in [5.41, 5.74) is 1.37. The zero-order valence-electron chi connectivity index (χ0n) is 7.68. The van der Waals surface area contributed by atoms with Crippen molar-refractivity contribution >= 4 is 16.5 Å². The van der Waals surface area contributed by atoms with Gasteiger partial charge in [-0.1, -0.05) is 0 Å². The van der Waals surface area contributed by atoms with Crippen molar-refractivity contribution in [2.75, 3.05) is 5.32 Å². The molecule has 0 amide bonds. The predicted molar refractivity (Wildman–Crippen MR) is 55.4 cm³/mol. The summed E-state index contributed by atoms with van der Waals surface area (Å²) in [6.45, 7) is 0. The Balaban J connectivity index is 1.81. The first-order valence-corrected chi connectivity index (χ1v) is 5.98. The molecule has 1 saturated carbocycles. The maximum Gasteiger partial charge on any atom is 0.183 e. The maximum absolute atomic E-state index is 4.64. The molecule has 1 heterocycles. The lowest BCUT2D eigenvalue weighted by molar-refractivity contribution is 0.682. The summed E-state index contributed by atoms with van der Waals surface area (Å²) in [6.07, 6.45) is 7.84. The standard InChI is InChI=1S/C10H14N2S/c1-2-4-9-8(3-1)12-10(13-9)11-7-5-6-7/h7H,1-6H2,(H,11,12). The van der Waals surface area contributed by atoms with Crippen molar-refractivity contribution in [3.63, 3.8) is 0 Å². The summed E-state index contributed by atoms with van der Waals surface area (Å²) >= 11 is 1.88. The normalized spacial score (nSPS) is 21.2. The third kappa shape index (κ3) is 1.57. The molecule has 1 fully saturated rings. The number of aryl methyl sites for hydroxylation is 2. The first-order chi connectivity index (χ1) is 6.42. The zero-order valence-corrected chi connectivity index (χ0v) is 8.49. The summed E-state index contributed by atoms with van der Waals surface area (Å²) in [5.74, 6) is 0. The quantitative estimate of drug-likeness (QED) is 0.782. The highest BCUT2D eigenvalue weighted by molar-refractivity contribution is 7.15. The van der Waals surface area contributed by atoms with Crippen LogP contribution in [0.25, 0.3) is 0 Å². The van der Waals surface area contributed by atoms with Gasteiger partial charge in [-0.05, 0) is 38.5 Å². The highest BCUT2D eigenvalue weighted by atomic mass is 32.1. The van der Waals surface area contributed by atoms with E-state index in [0.717, 1.165) is 6.04 Å². The van der Waals surface area contributed by atoms with Crippen molar-refractivity contribution in [2.24, 2.45) is 0 Å².